The predicted molar refractivity (Wildman–Crippen MR) is 303 cm³/mol. The Labute approximate surface area is 481 Å². The number of Topliss-reactive ketones (excluding diaryl/α,β-unsaturated/α-hetero) is 3. The minimum absolute atomic E-state index is 0.0127. The van der Waals surface area contributed by atoms with Crippen molar-refractivity contribution in [3.05, 3.63) is 71.9 Å². The van der Waals surface area contributed by atoms with Gasteiger partial charge in [0.25, 0.3) is 11.7 Å². The standard InChI is InChI=1S/C59H87NO20P2/c1-35-16-12-11-13-17-36(2)49(74-8)32-44-21-19-41(7)59(68,80-44)55(64)56(65)60-27-15-14-18-46(60)57(66)78-50(33-47(61)37(3)29-40(6)53(63)54(76-10)52(62)39(5)28-35)38(4)30-42-20-26-48(51(31-42)75-9)79-58(67)77-43-22-24-45(25-23-43)81(69,70)34-82(71,72)73/h11-13,16-17,22-25,29,35,38-42,44,46,48-51,53-54,63,68H,14-15,18-21,26-28,30-34H2,1-10H3,(H,69,70)(H2,71,72,73)/t35-,38-,39-,40?,41-,42+,44+,46+,48-,49+,50+,51-,53-,54+,59-/m1/s1. The number of methoxy groups -OCH3 is 3. The number of aliphatic hydroxyl groups is 2. The summed E-state index contributed by atoms with van der Waals surface area (Å²) >= 11 is 0. The lowest BCUT2D eigenvalue weighted by molar-refractivity contribution is -0.265. The number of benzene rings is 1. The minimum atomic E-state index is -4.82. The zero-order valence-electron chi connectivity index (χ0n) is 49.0. The summed E-state index contributed by atoms with van der Waals surface area (Å²) in [5, 5.41) is 23.4. The lowest BCUT2D eigenvalue weighted by Crippen LogP contribution is -2.61. The summed E-state index contributed by atoms with van der Waals surface area (Å²) in [5.41, 5.74) is 1.07. The van der Waals surface area contributed by atoms with Gasteiger partial charge in [-0.1, -0.05) is 71.1 Å². The molecular formula is C59H87NO20P2. The first-order chi connectivity index (χ1) is 38.5. The third kappa shape index (κ3) is 18.7. The van der Waals surface area contributed by atoms with Gasteiger partial charge in [-0.05, 0) is 131 Å². The summed E-state index contributed by atoms with van der Waals surface area (Å²) in [6, 6.07) is 3.37. The fraction of sp³-hybridized carbons (Fsp3) is 0.661. The van der Waals surface area contributed by atoms with Crippen molar-refractivity contribution in [1.29, 1.82) is 0 Å². The molecule has 21 nitrogen and oxygen atoms in total. The van der Waals surface area contributed by atoms with Gasteiger partial charge in [0.15, 0.2) is 11.6 Å². The Bertz CT molecular complexity index is 2610. The number of fused-ring (bicyclic) bond motifs is 3. The van der Waals surface area contributed by atoms with Crippen molar-refractivity contribution < 1.29 is 95.9 Å². The second kappa shape index (κ2) is 30.5. The van der Waals surface area contributed by atoms with Crippen molar-refractivity contribution in [3.63, 3.8) is 0 Å². The fourth-order valence-corrected chi connectivity index (χ4v) is 14.8. The fourth-order valence-electron chi connectivity index (χ4n) is 11.6. The summed E-state index contributed by atoms with van der Waals surface area (Å²) in [7, 11) is -4.88. The van der Waals surface area contributed by atoms with Gasteiger partial charge < -0.3 is 63.0 Å². The monoisotopic (exact) mass is 1190 g/mol. The highest BCUT2D eigenvalue weighted by Crippen LogP contribution is 2.54. The number of allylic oxidation sites excluding steroid dienone is 6. The van der Waals surface area contributed by atoms with E-state index >= 15 is 0 Å². The van der Waals surface area contributed by atoms with E-state index in [0.29, 0.717) is 57.8 Å². The molecular weight excluding hydrogens is 1100 g/mol. The van der Waals surface area contributed by atoms with Crippen LogP contribution in [-0.4, -0.2) is 154 Å². The molecule has 5 rings (SSSR count). The summed E-state index contributed by atoms with van der Waals surface area (Å²) in [6.45, 7) is 12.4. The lowest BCUT2D eigenvalue weighted by atomic mass is 9.78. The zero-order valence-corrected chi connectivity index (χ0v) is 50.7. The number of cyclic esters (lactones) is 1. The molecule has 1 saturated carbocycles. The summed E-state index contributed by atoms with van der Waals surface area (Å²) in [5.74, 6) is -10.3. The van der Waals surface area contributed by atoms with E-state index in [9.17, 15) is 62.8 Å². The molecule has 1 amide bonds. The first kappa shape index (κ1) is 68.3. The molecule has 2 saturated heterocycles. The Morgan fingerprint density at radius 3 is 2.18 bits per heavy atom. The highest BCUT2D eigenvalue weighted by molar-refractivity contribution is 7.77. The Hall–Kier alpha value is -4.50. The Balaban J connectivity index is 1.40. The average molecular weight is 1190 g/mol. The molecule has 4 aliphatic rings. The maximum atomic E-state index is 14.6. The second-order valence-electron chi connectivity index (χ2n) is 23.0. The molecule has 2 bridgehead atoms. The number of esters is 1. The van der Waals surface area contributed by atoms with Crippen LogP contribution < -0.4 is 10.0 Å². The van der Waals surface area contributed by atoms with Crippen LogP contribution in [0, 0.1) is 35.5 Å². The van der Waals surface area contributed by atoms with Crippen LogP contribution in [0.15, 0.2) is 71.9 Å². The highest BCUT2D eigenvalue weighted by atomic mass is 31.2. The minimum Gasteiger partial charge on any atom is -0.460 e. The van der Waals surface area contributed by atoms with Gasteiger partial charge in [-0.15, -0.1) is 0 Å². The van der Waals surface area contributed by atoms with Gasteiger partial charge in [-0.3, -0.25) is 28.3 Å². The van der Waals surface area contributed by atoms with E-state index in [4.69, 9.17) is 33.2 Å². The zero-order chi connectivity index (χ0) is 60.9. The molecule has 0 spiro atoms. The number of hydrogen-bond donors (Lipinski definition) is 5. The van der Waals surface area contributed by atoms with Crippen molar-refractivity contribution in [3.8, 4) is 5.75 Å². The van der Waals surface area contributed by atoms with Crippen molar-refractivity contribution in [2.75, 3.05) is 33.8 Å². The number of carbonyl (C=O) groups excluding carboxylic acids is 6. The largest absolute Gasteiger partial charge is 0.514 e. The third-order valence-electron chi connectivity index (χ3n) is 16.5. The van der Waals surface area contributed by atoms with Gasteiger partial charge in [0, 0.05) is 63.8 Å². The summed E-state index contributed by atoms with van der Waals surface area (Å²) in [6.07, 6.45) is 7.70. The van der Waals surface area contributed by atoms with E-state index in [1.165, 1.54) is 26.4 Å². The SMILES string of the molecule is CO[C@H]1C[C@@H]2CC[C@@H](C)[C@@](O)(O2)C(=O)C(=O)N2CCCC[C@H]2C(=O)O[C@H]([C@H](C)C[C@@H]2CC[C@@H](OC(=O)Oc3ccc(P(=O)(O)CP(=O)(O)O)cc3)[C@H](OC)C2)CC(=O)C(C)=CC(C)[C@@H](O)[C@@H](OC)C(=O)[C@H](C)C[C@H](C)C=CC=CC=C1C. The maximum Gasteiger partial charge on any atom is 0.514 e. The van der Waals surface area contributed by atoms with Crippen LogP contribution >= 0.6 is 15.0 Å². The number of carbonyl (C=O) groups is 6. The topological polar surface area (TPSA) is 306 Å². The van der Waals surface area contributed by atoms with Crippen molar-refractivity contribution in [2.24, 2.45) is 35.5 Å². The number of hydrogen-bond acceptors (Lipinski definition) is 17. The van der Waals surface area contributed by atoms with E-state index in [1.807, 2.05) is 51.2 Å². The van der Waals surface area contributed by atoms with Gasteiger partial charge in [0.1, 0.15) is 36.0 Å². The van der Waals surface area contributed by atoms with Gasteiger partial charge >= 0.3 is 19.7 Å². The molecule has 0 radical (unpaired) electrons. The number of amides is 1. The molecule has 1 aliphatic carbocycles. The van der Waals surface area contributed by atoms with Crippen LogP contribution in [0.2, 0.25) is 0 Å². The van der Waals surface area contributed by atoms with Crippen LogP contribution in [0.5, 0.6) is 5.75 Å². The number of ether oxygens (including phenoxy) is 7. The lowest BCUT2D eigenvalue weighted by Gasteiger charge is -2.42. The highest BCUT2D eigenvalue weighted by Gasteiger charge is 2.53. The van der Waals surface area contributed by atoms with E-state index in [-0.39, 0.29) is 60.1 Å². The number of aliphatic hydroxyl groups excluding tert-OH is 1. The first-order valence-corrected chi connectivity index (χ1v) is 32.0. The second-order valence-corrected chi connectivity index (χ2v) is 27.4. The Kier molecular flexibility index (Phi) is 25.4. The van der Waals surface area contributed by atoms with Crippen molar-refractivity contribution in [2.45, 2.75) is 180 Å². The van der Waals surface area contributed by atoms with Gasteiger partial charge in [-0.2, -0.15) is 0 Å². The average Bonchev–Trinajstić information content (AvgIpc) is 3.37. The molecule has 3 fully saturated rings. The molecule has 3 heterocycles. The van der Waals surface area contributed by atoms with E-state index in [2.05, 4.69) is 0 Å². The van der Waals surface area contributed by atoms with Gasteiger partial charge in [0.05, 0.1) is 24.4 Å². The molecule has 16 atom stereocenters. The van der Waals surface area contributed by atoms with Crippen LogP contribution in [0.4, 0.5) is 4.79 Å². The molecule has 23 heteroatoms. The van der Waals surface area contributed by atoms with Crippen LogP contribution in [-0.2, 0) is 61.5 Å². The number of piperidine rings is 1. The third-order valence-corrected chi connectivity index (χ3v) is 20.6. The smallest absolute Gasteiger partial charge is 0.460 e. The van der Waals surface area contributed by atoms with E-state index in [0.717, 1.165) is 22.6 Å². The van der Waals surface area contributed by atoms with Crippen LogP contribution in [0.25, 0.3) is 0 Å². The predicted octanol–water partition coefficient (Wildman–Crippen LogP) is 7.43. The molecule has 0 aromatic heterocycles. The van der Waals surface area contributed by atoms with E-state index < -0.39 is 129 Å². The van der Waals surface area contributed by atoms with E-state index in [1.54, 1.807) is 40.9 Å². The Morgan fingerprint density at radius 1 is 0.841 bits per heavy atom. The summed E-state index contributed by atoms with van der Waals surface area (Å²) in [4.78, 5) is 114. The number of nitrogens with zero attached hydrogens (tertiary/aromatic N) is 1. The number of ketones is 3. The molecule has 82 heavy (non-hydrogen) atoms. The van der Waals surface area contributed by atoms with Crippen molar-refractivity contribution >= 4 is 55.7 Å². The molecule has 1 aromatic rings. The summed E-state index contributed by atoms with van der Waals surface area (Å²) < 4.78 is 64.6. The first-order valence-electron chi connectivity index (χ1n) is 28.4. The normalized spacial score (nSPS) is 33.3. The quantitative estimate of drug-likeness (QED) is 0.0622. The molecule has 1 aromatic carbocycles. The van der Waals surface area contributed by atoms with Gasteiger partial charge in [-0.25, -0.2) is 9.59 Å². The van der Waals surface area contributed by atoms with Gasteiger partial charge in [0.2, 0.25) is 13.2 Å². The molecule has 2 unspecified atom stereocenters. The number of rotatable bonds is 11. The molecule has 5 N–H and O–H groups in total. The van der Waals surface area contributed by atoms with Crippen LogP contribution in [0.1, 0.15) is 126 Å². The molecule has 3 aliphatic heterocycles. The Morgan fingerprint density at radius 2 is 1.54 bits per heavy atom. The van der Waals surface area contributed by atoms with Crippen molar-refractivity contribution in [1.82, 2.24) is 4.90 Å². The maximum absolute atomic E-state index is 14.6. The van der Waals surface area contributed by atoms with Crippen LogP contribution in [0.3, 0.4) is 0 Å². The molecule has 458 valence electrons.